The molecular formula is C14H21BrN2S. The van der Waals surface area contributed by atoms with Crippen molar-refractivity contribution in [2.24, 2.45) is 5.92 Å². The summed E-state index contributed by atoms with van der Waals surface area (Å²) in [5.41, 5.74) is 1.47. The highest BCUT2D eigenvalue weighted by Crippen LogP contribution is 2.32. The van der Waals surface area contributed by atoms with Gasteiger partial charge in [-0.1, -0.05) is 0 Å². The standard InChI is InChI=1S/C14H21BrN2S/c15-14-10-18-9-12(14)8-17(13-1-2-13)7-11-3-5-16-6-4-11/h9-11,13,16H,1-8H2. The van der Waals surface area contributed by atoms with Crippen LogP contribution in [0.4, 0.5) is 0 Å². The molecule has 0 amide bonds. The highest BCUT2D eigenvalue weighted by molar-refractivity contribution is 9.10. The number of hydrogen-bond donors (Lipinski definition) is 1. The van der Waals surface area contributed by atoms with E-state index in [0.29, 0.717) is 0 Å². The van der Waals surface area contributed by atoms with E-state index in [4.69, 9.17) is 0 Å². The van der Waals surface area contributed by atoms with Crippen molar-refractivity contribution in [2.75, 3.05) is 19.6 Å². The smallest absolute Gasteiger partial charge is 0.0327 e. The van der Waals surface area contributed by atoms with E-state index in [1.54, 1.807) is 11.3 Å². The summed E-state index contributed by atoms with van der Waals surface area (Å²) in [5.74, 6) is 0.907. The van der Waals surface area contributed by atoms with Crippen LogP contribution in [0, 0.1) is 5.92 Å². The first-order chi connectivity index (χ1) is 8.83. The summed E-state index contributed by atoms with van der Waals surface area (Å²) >= 11 is 5.47. The zero-order valence-electron chi connectivity index (χ0n) is 10.7. The van der Waals surface area contributed by atoms with Gasteiger partial charge >= 0.3 is 0 Å². The highest BCUT2D eigenvalue weighted by atomic mass is 79.9. The summed E-state index contributed by atoms with van der Waals surface area (Å²) in [4.78, 5) is 2.72. The monoisotopic (exact) mass is 328 g/mol. The van der Waals surface area contributed by atoms with E-state index in [1.807, 2.05) is 0 Å². The lowest BCUT2D eigenvalue weighted by Crippen LogP contribution is -2.37. The van der Waals surface area contributed by atoms with Crippen LogP contribution in [0.2, 0.25) is 0 Å². The number of piperidine rings is 1. The van der Waals surface area contributed by atoms with Crippen molar-refractivity contribution in [3.8, 4) is 0 Å². The molecule has 0 unspecified atom stereocenters. The van der Waals surface area contributed by atoms with E-state index in [1.165, 1.54) is 55.4 Å². The Hall–Kier alpha value is 0.1000. The Kier molecular flexibility index (Phi) is 4.39. The minimum absolute atomic E-state index is 0.867. The summed E-state index contributed by atoms with van der Waals surface area (Å²) < 4.78 is 1.29. The number of thiophene rings is 1. The quantitative estimate of drug-likeness (QED) is 0.890. The molecule has 18 heavy (non-hydrogen) atoms. The molecule has 2 fully saturated rings. The first-order valence-corrected chi connectivity index (χ1v) is 8.72. The van der Waals surface area contributed by atoms with Gasteiger partial charge in [0.05, 0.1) is 0 Å². The highest BCUT2D eigenvalue weighted by Gasteiger charge is 2.31. The summed E-state index contributed by atoms with van der Waals surface area (Å²) in [6.07, 6.45) is 5.53. The molecule has 1 saturated heterocycles. The second-order valence-corrected chi connectivity index (χ2v) is 7.20. The number of rotatable bonds is 5. The van der Waals surface area contributed by atoms with Crippen molar-refractivity contribution >= 4 is 27.3 Å². The molecule has 0 aromatic carbocycles. The maximum absolute atomic E-state index is 3.66. The fourth-order valence-corrected chi connectivity index (χ4v) is 4.24. The molecule has 1 N–H and O–H groups in total. The maximum atomic E-state index is 3.66. The van der Waals surface area contributed by atoms with Crippen molar-refractivity contribution < 1.29 is 0 Å². The number of halogens is 1. The zero-order valence-corrected chi connectivity index (χ0v) is 13.1. The van der Waals surface area contributed by atoms with Crippen molar-refractivity contribution in [1.82, 2.24) is 10.2 Å². The van der Waals surface area contributed by atoms with Gasteiger partial charge in [-0.25, -0.2) is 0 Å². The second-order valence-electron chi connectivity index (χ2n) is 5.60. The molecule has 1 aromatic heterocycles. The van der Waals surface area contributed by atoms with Crippen LogP contribution in [0.5, 0.6) is 0 Å². The number of hydrogen-bond acceptors (Lipinski definition) is 3. The molecule has 0 radical (unpaired) electrons. The topological polar surface area (TPSA) is 15.3 Å². The molecule has 1 aromatic rings. The van der Waals surface area contributed by atoms with Crippen LogP contribution in [0.15, 0.2) is 15.2 Å². The van der Waals surface area contributed by atoms with Crippen molar-refractivity contribution in [2.45, 2.75) is 38.3 Å². The van der Waals surface area contributed by atoms with E-state index in [-0.39, 0.29) is 0 Å². The number of nitrogens with zero attached hydrogens (tertiary/aromatic N) is 1. The number of nitrogens with one attached hydrogen (secondary N) is 1. The Balaban J connectivity index is 1.59. The molecule has 2 aliphatic rings. The van der Waals surface area contributed by atoms with Gasteiger partial charge in [0.15, 0.2) is 0 Å². The lowest BCUT2D eigenvalue weighted by Gasteiger charge is -2.30. The third-order valence-corrected chi connectivity index (χ3v) is 5.91. The fraction of sp³-hybridized carbons (Fsp3) is 0.714. The first-order valence-electron chi connectivity index (χ1n) is 6.98. The Labute approximate surface area is 122 Å². The minimum Gasteiger partial charge on any atom is -0.317 e. The van der Waals surface area contributed by atoms with Gasteiger partial charge < -0.3 is 5.32 Å². The Morgan fingerprint density at radius 2 is 2.00 bits per heavy atom. The molecule has 3 rings (SSSR count). The van der Waals surface area contributed by atoms with Crippen LogP contribution < -0.4 is 5.32 Å². The Morgan fingerprint density at radius 1 is 1.22 bits per heavy atom. The van der Waals surface area contributed by atoms with Crippen LogP contribution in [-0.4, -0.2) is 30.6 Å². The van der Waals surface area contributed by atoms with Gasteiger partial charge in [-0.3, -0.25) is 4.90 Å². The normalized spacial score (nSPS) is 21.7. The summed E-state index contributed by atoms with van der Waals surface area (Å²) in [6.45, 7) is 4.87. The van der Waals surface area contributed by atoms with E-state index < -0.39 is 0 Å². The lowest BCUT2D eigenvalue weighted by molar-refractivity contribution is 0.190. The molecule has 2 nitrogen and oxygen atoms in total. The summed E-state index contributed by atoms with van der Waals surface area (Å²) in [7, 11) is 0. The largest absolute Gasteiger partial charge is 0.317 e. The molecular weight excluding hydrogens is 308 g/mol. The maximum Gasteiger partial charge on any atom is 0.0327 e. The molecule has 100 valence electrons. The van der Waals surface area contributed by atoms with Gasteiger partial charge in [0.25, 0.3) is 0 Å². The molecule has 1 saturated carbocycles. The predicted molar refractivity (Wildman–Crippen MR) is 81.0 cm³/mol. The van der Waals surface area contributed by atoms with E-state index in [9.17, 15) is 0 Å². The van der Waals surface area contributed by atoms with Gasteiger partial charge in [-0.05, 0) is 71.6 Å². The van der Waals surface area contributed by atoms with E-state index in [2.05, 4.69) is 36.9 Å². The van der Waals surface area contributed by atoms with Crippen LogP contribution in [-0.2, 0) is 6.54 Å². The molecule has 0 spiro atoms. The van der Waals surface area contributed by atoms with Crippen molar-refractivity contribution in [1.29, 1.82) is 0 Å². The molecule has 2 heterocycles. The predicted octanol–water partition coefficient (Wildman–Crippen LogP) is 3.47. The van der Waals surface area contributed by atoms with E-state index >= 15 is 0 Å². The Morgan fingerprint density at radius 3 is 2.61 bits per heavy atom. The fourth-order valence-electron chi connectivity index (χ4n) is 2.82. The SMILES string of the molecule is Brc1cscc1CN(CC1CCNCC1)C1CC1. The van der Waals surface area contributed by atoms with Gasteiger partial charge in [-0.15, -0.1) is 0 Å². The van der Waals surface area contributed by atoms with Crippen LogP contribution in [0.25, 0.3) is 0 Å². The second kappa shape index (κ2) is 6.04. The Bertz CT molecular complexity index is 383. The third kappa shape index (κ3) is 3.35. The van der Waals surface area contributed by atoms with Crippen molar-refractivity contribution in [3.63, 3.8) is 0 Å². The molecule has 0 atom stereocenters. The van der Waals surface area contributed by atoms with Crippen molar-refractivity contribution in [3.05, 3.63) is 20.8 Å². The molecule has 1 aliphatic carbocycles. The van der Waals surface area contributed by atoms with Gasteiger partial charge in [0.2, 0.25) is 0 Å². The lowest BCUT2D eigenvalue weighted by atomic mass is 9.97. The molecule has 0 bridgehead atoms. The van der Waals surface area contributed by atoms with E-state index in [0.717, 1.165) is 18.5 Å². The van der Waals surface area contributed by atoms with Gasteiger partial charge in [0, 0.05) is 29.0 Å². The van der Waals surface area contributed by atoms with Gasteiger partial charge in [-0.2, -0.15) is 11.3 Å². The summed E-state index contributed by atoms with van der Waals surface area (Å²) in [6, 6.07) is 0.867. The van der Waals surface area contributed by atoms with Crippen LogP contribution >= 0.6 is 27.3 Å². The third-order valence-electron chi connectivity index (χ3n) is 4.08. The average Bonchev–Trinajstić information content (AvgIpc) is 3.16. The molecule has 4 heteroatoms. The summed E-state index contributed by atoms with van der Waals surface area (Å²) in [5, 5.41) is 7.96. The molecule has 1 aliphatic heterocycles. The van der Waals surface area contributed by atoms with Crippen LogP contribution in [0.1, 0.15) is 31.2 Å². The zero-order chi connectivity index (χ0) is 12.4. The van der Waals surface area contributed by atoms with Gasteiger partial charge in [0.1, 0.15) is 0 Å². The van der Waals surface area contributed by atoms with Crippen LogP contribution in [0.3, 0.4) is 0 Å². The minimum atomic E-state index is 0.867. The average molecular weight is 329 g/mol. The first kappa shape index (κ1) is 13.1.